The number of benzene rings is 4. The van der Waals surface area contributed by atoms with Crippen LogP contribution in [0.2, 0.25) is 0 Å². The number of aliphatic hydroxyl groups is 2. The van der Waals surface area contributed by atoms with Crippen LogP contribution in [0.25, 0.3) is 0 Å². The molecule has 4 aromatic rings. The molecule has 0 spiro atoms. The zero-order valence-electron chi connectivity index (χ0n) is 37.1. The zero-order chi connectivity index (χ0) is 45.0. The highest BCUT2D eigenvalue weighted by Crippen LogP contribution is 2.62. The number of thioether (sulfide) groups is 1. The lowest BCUT2D eigenvalue weighted by Gasteiger charge is -2.59. The van der Waals surface area contributed by atoms with Crippen molar-refractivity contribution in [3.63, 3.8) is 0 Å². The maximum atomic E-state index is 14.4. The van der Waals surface area contributed by atoms with Crippen LogP contribution >= 0.6 is 11.8 Å². The molecule has 1 saturated carbocycles. The van der Waals surface area contributed by atoms with Gasteiger partial charge in [-0.15, -0.1) is 18.3 Å². The monoisotopic (exact) mass is 904 g/mol. The van der Waals surface area contributed by atoms with Gasteiger partial charge in [0.1, 0.15) is 24.1 Å². The molecule has 0 aromatic heterocycles. The van der Waals surface area contributed by atoms with Crippen LogP contribution in [0.15, 0.2) is 131 Å². The summed E-state index contributed by atoms with van der Waals surface area (Å²) in [5, 5.41) is 24.9. The molecule has 6 atom stereocenters. The van der Waals surface area contributed by atoms with Crippen molar-refractivity contribution in [2.24, 2.45) is 22.9 Å². The Balaban J connectivity index is 1.27. The first-order valence-electron chi connectivity index (χ1n) is 22.7. The van der Waals surface area contributed by atoms with Gasteiger partial charge in [0.2, 0.25) is 12.6 Å². The fraction of sp³-hybridized carbons (Fsp3) is 0.423. The fourth-order valence-electron chi connectivity index (χ4n) is 9.99. The summed E-state index contributed by atoms with van der Waals surface area (Å²) in [5.41, 5.74) is 4.39. The molecule has 6 unspecified atom stereocenters. The van der Waals surface area contributed by atoms with Crippen LogP contribution in [0.3, 0.4) is 0 Å². The number of aliphatic hydroxyl groups excluding tert-OH is 2. The van der Waals surface area contributed by atoms with Crippen LogP contribution in [0.4, 0.5) is 4.79 Å². The second kappa shape index (κ2) is 22.1. The number of hydrogen-bond acceptors (Lipinski definition) is 12. The minimum absolute atomic E-state index is 0.0536. The Hall–Kier alpha value is -5.47. The number of oxime groups is 1. The first kappa shape index (κ1) is 46.1. The molecule has 2 aliphatic heterocycles. The number of nitrogens with zero attached hydrogens (tertiary/aromatic N) is 2. The number of fused-ring (bicyclic) bond motifs is 3. The molecule has 4 aliphatic rings. The van der Waals surface area contributed by atoms with E-state index in [2.05, 4.69) is 30.9 Å². The number of ether oxygens (including phenoxy) is 6. The predicted octanol–water partition coefficient (Wildman–Crippen LogP) is 9.69. The van der Waals surface area contributed by atoms with Crippen molar-refractivity contribution in [1.29, 1.82) is 0 Å². The van der Waals surface area contributed by atoms with Gasteiger partial charge in [-0.05, 0) is 96.7 Å². The van der Waals surface area contributed by atoms with Crippen molar-refractivity contribution in [3.8, 4) is 23.0 Å². The molecule has 0 bridgehead atoms. The van der Waals surface area contributed by atoms with Gasteiger partial charge in [0, 0.05) is 48.3 Å². The van der Waals surface area contributed by atoms with Gasteiger partial charge in [0.15, 0.2) is 11.5 Å². The van der Waals surface area contributed by atoms with Crippen LogP contribution in [0.1, 0.15) is 67.6 Å². The van der Waals surface area contributed by atoms with E-state index in [1.807, 2.05) is 78.9 Å². The second-order valence-electron chi connectivity index (χ2n) is 16.8. The van der Waals surface area contributed by atoms with Crippen molar-refractivity contribution >= 4 is 23.6 Å². The summed E-state index contributed by atoms with van der Waals surface area (Å²) in [4.78, 5) is 23.5. The number of rotatable bonds is 22. The van der Waals surface area contributed by atoms with Crippen LogP contribution in [-0.4, -0.2) is 84.8 Å². The summed E-state index contributed by atoms with van der Waals surface area (Å²) in [5.74, 6) is 1.34. The molecular formula is C52H60N2O10S. The van der Waals surface area contributed by atoms with E-state index in [1.54, 1.807) is 22.7 Å². The highest BCUT2D eigenvalue weighted by molar-refractivity contribution is 7.99. The maximum absolute atomic E-state index is 14.4. The molecule has 8 rings (SSSR count). The molecular weight excluding hydrogens is 845 g/mol. The first-order chi connectivity index (χ1) is 32.0. The molecule has 1 amide bonds. The summed E-state index contributed by atoms with van der Waals surface area (Å²) in [6, 6.07) is 31.1. The number of hydrogen-bond donors (Lipinski definition) is 2. The van der Waals surface area contributed by atoms with Gasteiger partial charge < -0.3 is 43.5 Å². The number of unbranched alkanes of at least 4 members (excludes halogenated alkanes) is 2. The molecule has 2 heterocycles. The van der Waals surface area contributed by atoms with Gasteiger partial charge in [-0.2, -0.15) is 0 Å². The largest absolute Gasteiger partial charge is 0.493 e. The van der Waals surface area contributed by atoms with Crippen molar-refractivity contribution < 1.29 is 48.3 Å². The minimum atomic E-state index is -1.46. The topological polar surface area (TPSA) is 138 Å². The Morgan fingerprint density at radius 3 is 2.43 bits per heavy atom. The lowest BCUT2D eigenvalue weighted by atomic mass is 9.55. The van der Waals surface area contributed by atoms with E-state index in [1.165, 1.54) is 12.0 Å². The number of amides is 1. The lowest BCUT2D eigenvalue weighted by molar-refractivity contribution is -0.256. The zero-order valence-corrected chi connectivity index (χ0v) is 37.9. The summed E-state index contributed by atoms with van der Waals surface area (Å²) in [6.45, 7) is 5.39. The van der Waals surface area contributed by atoms with Gasteiger partial charge >= 0.3 is 6.09 Å². The summed E-state index contributed by atoms with van der Waals surface area (Å²) in [7, 11) is 1.38. The molecule has 2 N–H and O–H groups in total. The van der Waals surface area contributed by atoms with Crippen molar-refractivity contribution in [1.82, 2.24) is 4.90 Å². The molecule has 2 aliphatic carbocycles. The summed E-state index contributed by atoms with van der Waals surface area (Å²) in [6.07, 6.45) is 8.31. The van der Waals surface area contributed by atoms with Crippen molar-refractivity contribution in [3.05, 3.63) is 138 Å². The van der Waals surface area contributed by atoms with E-state index >= 15 is 0 Å². The van der Waals surface area contributed by atoms with Crippen LogP contribution in [-0.2, 0) is 27.5 Å². The summed E-state index contributed by atoms with van der Waals surface area (Å²) < 4.78 is 38.0. The number of methoxy groups -OCH3 is 1. The van der Waals surface area contributed by atoms with E-state index in [0.717, 1.165) is 59.4 Å². The average Bonchev–Trinajstić information content (AvgIpc) is 3.81. The Kier molecular flexibility index (Phi) is 15.7. The first-order valence-corrected chi connectivity index (χ1v) is 23.7. The van der Waals surface area contributed by atoms with Crippen molar-refractivity contribution in [2.75, 3.05) is 46.1 Å². The molecule has 0 saturated heterocycles. The number of allylic oxidation sites excluding steroid dienone is 1. The quantitative estimate of drug-likeness (QED) is 0.0338. The molecule has 344 valence electrons. The van der Waals surface area contributed by atoms with Crippen molar-refractivity contribution in [2.45, 2.75) is 80.7 Å². The molecule has 4 aromatic carbocycles. The van der Waals surface area contributed by atoms with E-state index in [9.17, 15) is 15.0 Å². The molecule has 1 fully saturated rings. The normalized spacial score (nSPS) is 23.1. The van der Waals surface area contributed by atoms with Gasteiger partial charge in [0.05, 0.1) is 32.0 Å². The van der Waals surface area contributed by atoms with E-state index in [0.29, 0.717) is 42.4 Å². The van der Waals surface area contributed by atoms with Crippen LogP contribution in [0, 0.1) is 17.8 Å². The molecule has 0 radical (unpaired) electrons. The Morgan fingerprint density at radius 2 is 1.66 bits per heavy atom. The number of carbonyl (C=O) groups excluding carboxylic acids is 1. The van der Waals surface area contributed by atoms with Crippen LogP contribution < -0.4 is 18.9 Å². The third kappa shape index (κ3) is 10.5. The predicted molar refractivity (Wildman–Crippen MR) is 249 cm³/mol. The molecule has 65 heavy (non-hydrogen) atoms. The Labute approximate surface area is 386 Å². The molecule has 12 nitrogen and oxygen atoms in total. The Morgan fingerprint density at radius 1 is 0.908 bits per heavy atom. The standard InChI is InChI=1S/C52H60N2O10S/c1-3-26-62-52-48(54(51(57)58-2)33-37-20-22-46-47(29-37)61-35-60-46)32-44(53-63-34-36-14-6-4-7-15-36)42-30-38(16-10-12-24-55)41(19-11-13-25-56)49(50(42)52)43-31-39(21-23-45(43)64-52)59-27-28-65-40-17-8-5-9-18-40/h3-9,14-15,17-18,20-23,29-31,38,41,48-50,55-56H,1,10-13,16,19,24-28,32-35H2,2H3. The smallest absolute Gasteiger partial charge is 0.410 e. The SMILES string of the molecule is C=CCOC12Oc3ccc(OCCSc4ccccc4)cc3C3C(CCCCO)C(CCCCO)C=C(C(=NOCc4ccccc4)CC1N(Cc1ccc4c(c1)OCO4)C(=O)OC)C32. The van der Waals surface area contributed by atoms with Crippen LogP contribution in [0.5, 0.6) is 23.0 Å². The highest BCUT2D eigenvalue weighted by atomic mass is 32.2. The van der Waals surface area contributed by atoms with E-state index < -0.39 is 23.8 Å². The van der Waals surface area contributed by atoms with Gasteiger partial charge in [0.25, 0.3) is 0 Å². The third-order valence-electron chi connectivity index (χ3n) is 12.8. The minimum Gasteiger partial charge on any atom is -0.493 e. The van der Waals surface area contributed by atoms with Gasteiger partial charge in [-0.25, -0.2) is 4.79 Å². The highest BCUT2D eigenvalue weighted by Gasteiger charge is 2.65. The van der Waals surface area contributed by atoms with E-state index in [-0.39, 0.29) is 63.9 Å². The van der Waals surface area contributed by atoms with Gasteiger partial charge in [-0.3, -0.25) is 4.90 Å². The lowest BCUT2D eigenvalue weighted by Crippen LogP contribution is -2.70. The average molecular weight is 905 g/mol. The van der Waals surface area contributed by atoms with Gasteiger partial charge in [-0.1, -0.05) is 84.7 Å². The Bertz CT molecular complexity index is 2270. The van der Waals surface area contributed by atoms with E-state index in [4.69, 9.17) is 38.4 Å². The summed E-state index contributed by atoms with van der Waals surface area (Å²) >= 11 is 1.74. The molecule has 13 heteroatoms. The fourth-order valence-corrected chi connectivity index (χ4v) is 10.7. The maximum Gasteiger partial charge on any atom is 0.410 e. The third-order valence-corrected chi connectivity index (χ3v) is 13.8. The number of carbonyl (C=O) groups is 1. The second-order valence-corrected chi connectivity index (χ2v) is 18.0.